The molecule has 1 fully saturated rings. The van der Waals surface area contributed by atoms with E-state index in [9.17, 15) is 0 Å². The van der Waals surface area contributed by atoms with Crippen LogP contribution in [0.3, 0.4) is 0 Å². The average molecular weight is 265 g/mol. The van der Waals surface area contributed by atoms with Gasteiger partial charge in [-0.1, -0.05) is 6.42 Å². The molecule has 19 heavy (non-hydrogen) atoms. The number of aromatic nitrogens is 3. The second kappa shape index (κ2) is 6.48. The highest BCUT2D eigenvalue weighted by atomic mass is 15.4. The number of nitrogens with one attached hydrogen (secondary N) is 1. The van der Waals surface area contributed by atoms with Gasteiger partial charge >= 0.3 is 0 Å². The summed E-state index contributed by atoms with van der Waals surface area (Å²) in [5.41, 5.74) is 0. The van der Waals surface area contributed by atoms with Crippen molar-refractivity contribution in [2.45, 2.75) is 64.7 Å². The molecular formula is C14H27N5. The summed E-state index contributed by atoms with van der Waals surface area (Å²) in [7, 11) is 2.05. The zero-order valence-electron chi connectivity index (χ0n) is 12.6. The summed E-state index contributed by atoms with van der Waals surface area (Å²) in [5, 5.41) is 7.73. The molecule has 0 bridgehead atoms. The lowest BCUT2D eigenvalue weighted by atomic mass is 9.96. The molecule has 0 amide bonds. The van der Waals surface area contributed by atoms with Crippen molar-refractivity contribution >= 4 is 0 Å². The molecule has 0 aromatic carbocycles. The van der Waals surface area contributed by atoms with E-state index in [-0.39, 0.29) is 0 Å². The fourth-order valence-electron chi connectivity index (χ4n) is 2.97. The van der Waals surface area contributed by atoms with Gasteiger partial charge in [0, 0.05) is 18.1 Å². The highest BCUT2D eigenvalue weighted by Crippen LogP contribution is 2.22. The molecule has 0 saturated carbocycles. The van der Waals surface area contributed by atoms with Crippen LogP contribution in [-0.4, -0.2) is 45.3 Å². The molecule has 1 aliphatic rings. The van der Waals surface area contributed by atoms with Crippen LogP contribution in [0.5, 0.6) is 0 Å². The van der Waals surface area contributed by atoms with Crippen molar-refractivity contribution in [2.75, 3.05) is 13.6 Å². The maximum absolute atomic E-state index is 4.44. The highest BCUT2D eigenvalue weighted by Gasteiger charge is 2.27. The van der Waals surface area contributed by atoms with E-state index in [0.717, 1.165) is 12.4 Å². The Labute approximate surface area is 116 Å². The first-order valence-corrected chi connectivity index (χ1v) is 7.43. The smallest absolute Gasteiger partial charge is 0.141 e. The Kier molecular flexibility index (Phi) is 4.93. The quantitative estimate of drug-likeness (QED) is 0.882. The van der Waals surface area contributed by atoms with E-state index in [4.69, 9.17) is 0 Å². The Balaban J connectivity index is 2.08. The molecule has 1 aromatic heterocycles. The average Bonchev–Trinajstić information content (AvgIpc) is 2.87. The van der Waals surface area contributed by atoms with Crippen LogP contribution in [0.15, 0.2) is 6.33 Å². The zero-order chi connectivity index (χ0) is 13.8. The van der Waals surface area contributed by atoms with Gasteiger partial charge in [-0.3, -0.25) is 4.90 Å². The van der Waals surface area contributed by atoms with Crippen LogP contribution >= 0.6 is 0 Å². The fourth-order valence-corrected chi connectivity index (χ4v) is 2.97. The van der Waals surface area contributed by atoms with Crippen LogP contribution < -0.4 is 5.32 Å². The molecule has 0 aliphatic carbocycles. The zero-order valence-corrected chi connectivity index (χ0v) is 12.6. The van der Waals surface area contributed by atoms with Crippen LogP contribution in [0.4, 0.5) is 0 Å². The molecule has 1 aliphatic heterocycles. The molecule has 0 spiro atoms. The van der Waals surface area contributed by atoms with Gasteiger partial charge in [-0.15, -0.1) is 0 Å². The second-order valence-corrected chi connectivity index (χ2v) is 5.83. The Morgan fingerprint density at radius 2 is 2.16 bits per heavy atom. The van der Waals surface area contributed by atoms with Crippen molar-refractivity contribution in [3.63, 3.8) is 0 Å². The van der Waals surface area contributed by atoms with E-state index in [1.165, 1.54) is 25.8 Å². The number of hydrogen-bond acceptors (Lipinski definition) is 4. The van der Waals surface area contributed by atoms with E-state index in [2.05, 4.69) is 41.1 Å². The Bertz CT molecular complexity index is 387. The normalized spacial score (nSPS) is 22.9. The molecule has 0 radical (unpaired) electrons. The van der Waals surface area contributed by atoms with E-state index in [0.29, 0.717) is 18.1 Å². The van der Waals surface area contributed by atoms with Crippen LogP contribution in [0.25, 0.3) is 0 Å². The number of likely N-dealkylation sites (tertiary alicyclic amines) is 1. The lowest BCUT2D eigenvalue weighted by Crippen LogP contribution is -2.50. The first kappa shape index (κ1) is 14.5. The lowest BCUT2D eigenvalue weighted by Gasteiger charge is -2.39. The minimum Gasteiger partial charge on any atom is -0.316 e. The molecule has 2 unspecified atom stereocenters. The van der Waals surface area contributed by atoms with Gasteiger partial charge in [-0.2, -0.15) is 5.10 Å². The predicted molar refractivity (Wildman–Crippen MR) is 77.0 cm³/mol. The molecule has 108 valence electrons. The van der Waals surface area contributed by atoms with Crippen LogP contribution in [0, 0.1) is 0 Å². The SMILES string of the molecule is CNC(C)C1CCCCN1Cc1ncnn1C(C)C. The standard InChI is InChI=1S/C14H27N5/c1-11(2)19-14(16-10-17-19)9-18-8-6-5-7-13(18)12(3)15-4/h10-13,15H,5-9H2,1-4H3. The van der Waals surface area contributed by atoms with Gasteiger partial charge in [0.1, 0.15) is 12.2 Å². The van der Waals surface area contributed by atoms with E-state index < -0.39 is 0 Å². The Morgan fingerprint density at radius 3 is 2.84 bits per heavy atom. The van der Waals surface area contributed by atoms with Gasteiger partial charge in [0.15, 0.2) is 0 Å². The number of nitrogens with zero attached hydrogens (tertiary/aromatic N) is 4. The molecule has 2 atom stereocenters. The summed E-state index contributed by atoms with van der Waals surface area (Å²) < 4.78 is 2.04. The second-order valence-electron chi connectivity index (χ2n) is 5.83. The van der Waals surface area contributed by atoms with E-state index in [1.807, 2.05) is 11.7 Å². The van der Waals surface area contributed by atoms with Crippen LogP contribution in [0.2, 0.25) is 0 Å². The molecule has 2 heterocycles. The minimum absolute atomic E-state index is 0.377. The Morgan fingerprint density at radius 1 is 1.37 bits per heavy atom. The highest BCUT2D eigenvalue weighted by molar-refractivity contribution is 4.91. The van der Waals surface area contributed by atoms with Crippen molar-refractivity contribution in [1.82, 2.24) is 25.0 Å². The number of piperidine rings is 1. The van der Waals surface area contributed by atoms with Gasteiger partial charge < -0.3 is 5.32 Å². The van der Waals surface area contributed by atoms with Crippen molar-refractivity contribution in [3.05, 3.63) is 12.2 Å². The number of likely N-dealkylation sites (N-methyl/N-ethyl adjacent to an activating group) is 1. The van der Waals surface area contributed by atoms with Gasteiger partial charge in [-0.05, 0) is 47.2 Å². The maximum atomic E-state index is 4.44. The number of rotatable bonds is 5. The van der Waals surface area contributed by atoms with Crippen molar-refractivity contribution < 1.29 is 0 Å². The summed E-state index contributed by atoms with van der Waals surface area (Å²) in [6, 6.07) is 1.51. The topological polar surface area (TPSA) is 46.0 Å². The Hall–Kier alpha value is -0.940. The molecule has 1 aromatic rings. The largest absolute Gasteiger partial charge is 0.316 e. The predicted octanol–water partition coefficient (Wildman–Crippen LogP) is 1.82. The summed E-state index contributed by atoms with van der Waals surface area (Å²) >= 11 is 0. The molecule has 2 rings (SSSR count). The molecule has 5 nitrogen and oxygen atoms in total. The van der Waals surface area contributed by atoms with Gasteiger partial charge in [0.05, 0.1) is 6.54 Å². The third-order valence-electron chi connectivity index (χ3n) is 4.18. The van der Waals surface area contributed by atoms with Crippen molar-refractivity contribution in [2.24, 2.45) is 0 Å². The van der Waals surface area contributed by atoms with Gasteiger partial charge in [0.25, 0.3) is 0 Å². The first-order chi connectivity index (χ1) is 9.13. The van der Waals surface area contributed by atoms with E-state index in [1.54, 1.807) is 6.33 Å². The summed E-state index contributed by atoms with van der Waals surface area (Å²) in [6.07, 6.45) is 5.58. The summed E-state index contributed by atoms with van der Waals surface area (Å²) in [5.74, 6) is 1.09. The van der Waals surface area contributed by atoms with E-state index >= 15 is 0 Å². The summed E-state index contributed by atoms with van der Waals surface area (Å²) in [6.45, 7) is 8.66. The minimum atomic E-state index is 0.377. The van der Waals surface area contributed by atoms with Crippen molar-refractivity contribution in [1.29, 1.82) is 0 Å². The fraction of sp³-hybridized carbons (Fsp3) is 0.857. The lowest BCUT2D eigenvalue weighted by molar-refractivity contribution is 0.109. The summed E-state index contributed by atoms with van der Waals surface area (Å²) in [4.78, 5) is 7.00. The first-order valence-electron chi connectivity index (χ1n) is 7.43. The maximum Gasteiger partial charge on any atom is 0.141 e. The number of hydrogen-bond donors (Lipinski definition) is 1. The monoisotopic (exact) mass is 265 g/mol. The van der Waals surface area contributed by atoms with Gasteiger partial charge in [-0.25, -0.2) is 9.67 Å². The van der Waals surface area contributed by atoms with Gasteiger partial charge in [0.2, 0.25) is 0 Å². The molecule has 5 heteroatoms. The third kappa shape index (κ3) is 3.34. The third-order valence-corrected chi connectivity index (χ3v) is 4.18. The molecule has 1 saturated heterocycles. The molecular weight excluding hydrogens is 238 g/mol. The van der Waals surface area contributed by atoms with Crippen LogP contribution in [-0.2, 0) is 6.54 Å². The molecule has 1 N–H and O–H groups in total. The van der Waals surface area contributed by atoms with Crippen molar-refractivity contribution in [3.8, 4) is 0 Å². The van der Waals surface area contributed by atoms with Crippen LogP contribution in [0.1, 0.15) is 51.9 Å².